The molecule has 3 aromatic rings. The third kappa shape index (κ3) is 4.40. The zero-order valence-corrected chi connectivity index (χ0v) is 15.8. The maximum atomic E-state index is 12.3. The van der Waals surface area contributed by atoms with Gasteiger partial charge in [-0.05, 0) is 41.5 Å². The van der Waals surface area contributed by atoms with Crippen LogP contribution in [0, 0.1) is 0 Å². The molecule has 3 aromatic carbocycles. The van der Waals surface area contributed by atoms with Gasteiger partial charge in [0.25, 0.3) is 11.8 Å². The van der Waals surface area contributed by atoms with Gasteiger partial charge in [-0.1, -0.05) is 36.4 Å². The van der Waals surface area contributed by atoms with Gasteiger partial charge in [0.15, 0.2) is 6.61 Å². The fourth-order valence-electron chi connectivity index (χ4n) is 2.94. The van der Waals surface area contributed by atoms with Gasteiger partial charge in [0.2, 0.25) is 0 Å². The molecule has 0 radical (unpaired) electrons. The van der Waals surface area contributed by atoms with Crippen molar-refractivity contribution in [1.29, 1.82) is 0 Å². The molecule has 0 saturated heterocycles. The number of methoxy groups -OCH3 is 1. The van der Waals surface area contributed by atoms with Crippen molar-refractivity contribution >= 4 is 22.6 Å². The molecular weight excluding hydrogens is 356 g/mol. The van der Waals surface area contributed by atoms with E-state index in [-0.39, 0.29) is 29.9 Å². The summed E-state index contributed by atoms with van der Waals surface area (Å²) in [4.78, 5) is 23.9. The third-order valence-corrected chi connectivity index (χ3v) is 4.46. The minimum Gasteiger partial charge on any atom is -0.497 e. The topological polar surface area (TPSA) is 90.7 Å². The number of hydrogen-bond acceptors (Lipinski definition) is 4. The van der Waals surface area contributed by atoms with Crippen molar-refractivity contribution in [1.82, 2.24) is 5.32 Å². The second kappa shape index (κ2) is 8.43. The average Bonchev–Trinajstić information content (AvgIpc) is 2.71. The SMILES string of the molecule is COc1ccc(C(N)=O)c(OCC(=O)NC(C)c2ccc3ccccc3c2)c1. The zero-order chi connectivity index (χ0) is 20.1. The van der Waals surface area contributed by atoms with Crippen LogP contribution < -0.4 is 20.5 Å². The van der Waals surface area contributed by atoms with Crippen LogP contribution in [0.3, 0.4) is 0 Å². The number of fused-ring (bicyclic) bond motifs is 1. The number of primary amides is 1. The summed E-state index contributed by atoms with van der Waals surface area (Å²) in [7, 11) is 1.50. The van der Waals surface area contributed by atoms with Crippen molar-refractivity contribution in [2.24, 2.45) is 5.73 Å². The molecular formula is C22H22N2O4. The molecule has 0 fully saturated rings. The van der Waals surface area contributed by atoms with Gasteiger partial charge in [0.1, 0.15) is 11.5 Å². The fraction of sp³-hybridized carbons (Fsp3) is 0.182. The number of nitrogens with one attached hydrogen (secondary N) is 1. The Morgan fingerprint density at radius 2 is 1.79 bits per heavy atom. The standard InChI is InChI=1S/C22H22N2O4/c1-14(16-8-7-15-5-3-4-6-17(15)11-16)24-21(25)13-28-20-12-18(27-2)9-10-19(20)22(23)26/h3-12,14H,13H2,1-2H3,(H2,23,26)(H,24,25). The minimum absolute atomic E-state index is 0.191. The molecule has 0 bridgehead atoms. The second-order valence-electron chi connectivity index (χ2n) is 6.41. The monoisotopic (exact) mass is 378 g/mol. The predicted octanol–water partition coefficient (Wildman–Crippen LogP) is 3.20. The van der Waals surface area contributed by atoms with Crippen molar-refractivity contribution in [3.05, 3.63) is 71.8 Å². The summed E-state index contributed by atoms with van der Waals surface area (Å²) < 4.78 is 10.6. The Kier molecular flexibility index (Phi) is 5.79. The molecule has 144 valence electrons. The smallest absolute Gasteiger partial charge is 0.258 e. The van der Waals surface area contributed by atoms with Crippen LogP contribution in [-0.2, 0) is 4.79 Å². The highest BCUT2D eigenvalue weighted by atomic mass is 16.5. The van der Waals surface area contributed by atoms with E-state index in [4.69, 9.17) is 15.2 Å². The molecule has 0 heterocycles. The summed E-state index contributed by atoms with van der Waals surface area (Å²) in [5.74, 6) is -0.230. The van der Waals surface area contributed by atoms with E-state index in [1.54, 1.807) is 6.07 Å². The molecule has 2 amide bonds. The number of carbonyl (C=O) groups excluding carboxylic acids is 2. The molecule has 0 aromatic heterocycles. The number of amides is 2. The summed E-state index contributed by atoms with van der Waals surface area (Å²) in [6.07, 6.45) is 0. The van der Waals surface area contributed by atoms with Crippen LogP contribution in [0.2, 0.25) is 0 Å². The molecule has 0 aliphatic carbocycles. The first-order valence-electron chi connectivity index (χ1n) is 8.86. The first-order chi connectivity index (χ1) is 13.5. The quantitative estimate of drug-likeness (QED) is 0.660. The lowest BCUT2D eigenvalue weighted by molar-refractivity contribution is -0.123. The van der Waals surface area contributed by atoms with Gasteiger partial charge in [-0.15, -0.1) is 0 Å². The molecule has 0 saturated carbocycles. The van der Waals surface area contributed by atoms with Crippen LogP contribution in [0.15, 0.2) is 60.7 Å². The lowest BCUT2D eigenvalue weighted by atomic mass is 10.0. The maximum absolute atomic E-state index is 12.3. The Hall–Kier alpha value is -3.54. The molecule has 28 heavy (non-hydrogen) atoms. The van der Waals surface area contributed by atoms with Crippen molar-refractivity contribution in [3.8, 4) is 11.5 Å². The summed E-state index contributed by atoms with van der Waals surface area (Å²) in [5.41, 5.74) is 6.54. The van der Waals surface area contributed by atoms with Gasteiger partial charge in [0, 0.05) is 6.07 Å². The van der Waals surface area contributed by atoms with Crippen molar-refractivity contribution in [2.45, 2.75) is 13.0 Å². The normalized spacial score (nSPS) is 11.6. The van der Waals surface area contributed by atoms with Crippen LogP contribution >= 0.6 is 0 Å². The molecule has 0 aliphatic heterocycles. The van der Waals surface area contributed by atoms with E-state index in [2.05, 4.69) is 5.32 Å². The molecule has 6 heteroatoms. The first kappa shape index (κ1) is 19.2. The van der Waals surface area contributed by atoms with E-state index in [9.17, 15) is 9.59 Å². The third-order valence-electron chi connectivity index (χ3n) is 4.46. The molecule has 0 spiro atoms. The van der Waals surface area contributed by atoms with Gasteiger partial charge in [0.05, 0.1) is 18.7 Å². The summed E-state index contributed by atoms with van der Waals surface area (Å²) in [5, 5.41) is 5.15. The highest BCUT2D eigenvalue weighted by Crippen LogP contribution is 2.25. The maximum Gasteiger partial charge on any atom is 0.258 e. The number of carbonyl (C=O) groups is 2. The molecule has 0 aliphatic rings. The highest BCUT2D eigenvalue weighted by Gasteiger charge is 2.14. The summed E-state index contributed by atoms with van der Waals surface area (Å²) >= 11 is 0. The summed E-state index contributed by atoms with van der Waals surface area (Å²) in [6.45, 7) is 1.66. The van der Waals surface area contributed by atoms with Gasteiger partial charge in [-0.25, -0.2) is 0 Å². The van der Waals surface area contributed by atoms with E-state index < -0.39 is 5.91 Å². The minimum atomic E-state index is -0.636. The van der Waals surface area contributed by atoms with Crippen molar-refractivity contribution < 1.29 is 19.1 Å². The molecule has 1 unspecified atom stereocenters. The zero-order valence-electron chi connectivity index (χ0n) is 15.8. The molecule has 3 rings (SSSR count). The Bertz CT molecular complexity index is 1020. The van der Waals surface area contributed by atoms with E-state index in [0.717, 1.165) is 16.3 Å². The Morgan fingerprint density at radius 1 is 1.04 bits per heavy atom. The Balaban J connectivity index is 1.66. The number of hydrogen-bond donors (Lipinski definition) is 2. The van der Waals surface area contributed by atoms with E-state index in [1.165, 1.54) is 19.2 Å². The average molecular weight is 378 g/mol. The van der Waals surface area contributed by atoms with Crippen molar-refractivity contribution in [2.75, 3.05) is 13.7 Å². The predicted molar refractivity (Wildman–Crippen MR) is 108 cm³/mol. The van der Waals surface area contributed by atoms with Crippen LogP contribution in [0.4, 0.5) is 0 Å². The van der Waals surface area contributed by atoms with Crippen LogP contribution in [0.5, 0.6) is 11.5 Å². The summed E-state index contributed by atoms with van der Waals surface area (Å²) in [6, 6.07) is 18.6. The highest BCUT2D eigenvalue weighted by molar-refractivity contribution is 5.96. The molecule has 6 nitrogen and oxygen atoms in total. The molecule has 1 atom stereocenters. The van der Waals surface area contributed by atoms with E-state index in [1.807, 2.05) is 49.4 Å². The van der Waals surface area contributed by atoms with Crippen LogP contribution in [-0.4, -0.2) is 25.5 Å². The fourth-order valence-corrected chi connectivity index (χ4v) is 2.94. The number of rotatable bonds is 7. The van der Waals surface area contributed by atoms with Crippen molar-refractivity contribution in [3.63, 3.8) is 0 Å². The van der Waals surface area contributed by atoms with Gasteiger partial charge < -0.3 is 20.5 Å². The largest absolute Gasteiger partial charge is 0.497 e. The van der Waals surface area contributed by atoms with Crippen LogP contribution in [0.1, 0.15) is 28.9 Å². The lowest BCUT2D eigenvalue weighted by Gasteiger charge is -2.16. The Morgan fingerprint density at radius 3 is 2.50 bits per heavy atom. The van der Waals surface area contributed by atoms with Gasteiger partial charge in [-0.2, -0.15) is 0 Å². The lowest BCUT2D eigenvalue weighted by Crippen LogP contribution is -2.31. The number of nitrogens with two attached hydrogens (primary N) is 1. The first-order valence-corrected chi connectivity index (χ1v) is 8.86. The Labute approximate surface area is 163 Å². The number of ether oxygens (including phenoxy) is 2. The molecule has 3 N–H and O–H groups in total. The van der Waals surface area contributed by atoms with Crippen LogP contribution in [0.25, 0.3) is 10.8 Å². The van der Waals surface area contributed by atoms with Gasteiger partial charge in [-0.3, -0.25) is 9.59 Å². The van der Waals surface area contributed by atoms with Gasteiger partial charge >= 0.3 is 0 Å². The van der Waals surface area contributed by atoms with E-state index >= 15 is 0 Å². The number of benzene rings is 3. The van der Waals surface area contributed by atoms with E-state index in [0.29, 0.717) is 5.75 Å². The second-order valence-corrected chi connectivity index (χ2v) is 6.41.